The van der Waals surface area contributed by atoms with Crippen LogP contribution in [0.3, 0.4) is 0 Å². The average Bonchev–Trinajstić information content (AvgIpc) is 2.72. The highest BCUT2D eigenvalue weighted by molar-refractivity contribution is 7.86. The van der Waals surface area contributed by atoms with Crippen molar-refractivity contribution in [1.82, 2.24) is 0 Å². The first-order valence-electron chi connectivity index (χ1n) is 9.60. The van der Waals surface area contributed by atoms with Crippen molar-refractivity contribution in [3.63, 3.8) is 0 Å². The second-order valence-corrected chi connectivity index (χ2v) is 9.13. The van der Waals surface area contributed by atoms with Crippen molar-refractivity contribution < 1.29 is 45.0 Å². The molecule has 2 aromatic carbocycles. The van der Waals surface area contributed by atoms with Gasteiger partial charge in [0, 0.05) is 11.4 Å². The zero-order valence-electron chi connectivity index (χ0n) is 17.9. The molecule has 0 saturated heterocycles. The Bertz CT molecular complexity index is 1220. The number of benzene rings is 2. The van der Waals surface area contributed by atoms with E-state index < -0.39 is 42.2 Å². The molecule has 0 saturated carbocycles. The number of anilines is 2. The summed E-state index contributed by atoms with van der Waals surface area (Å²) in [6.07, 6.45) is 0.506. The summed E-state index contributed by atoms with van der Waals surface area (Å²) in [5, 5.41) is 4.52. The standard InChI is InChI=1S/C20H22N2O10S2/c1-3-31-19(23)21-15-9-7-13(17(11-15)33(25,26)27)5-6-14-8-10-16(22-20(24)32-4-2)12-18(14)34(28,29)30/h5-12H,3-4H2,1-2H3,(H,21,23)(H,22,24)(H,25,26,27)(H,28,29,30)/p-2/b6-5+. The highest BCUT2D eigenvalue weighted by Crippen LogP contribution is 2.26. The van der Waals surface area contributed by atoms with Crippen LogP contribution in [0.1, 0.15) is 25.0 Å². The SMILES string of the molecule is CCOC(=O)Nc1ccc(/C=C/c2ccc(NC(=O)OCC)cc2S(=O)(=O)[O-])c(S(=O)(=O)[O-])c1. The van der Waals surface area contributed by atoms with Crippen LogP contribution in [0.25, 0.3) is 12.2 Å². The van der Waals surface area contributed by atoms with Gasteiger partial charge in [-0.3, -0.25) is 10.6 Å². The fourth-order valence-corrected chi connectivity index (χ4v) is 4.07. The molecule has 2 rings (SSSR count). The number of carbonyl (C=O) groups is 2. The molecule has 14 heteroatoms. The molecule has 0 aromatic heterocycles. The van der Waals surface area contributed by atoms with E-state index in [1.807, 2.05) is 0 Å². The van der Waals surface area contributed by atoms with Crippen molar-refractivity contribution >= 4 is 55.9 Å². The molecule has 0 aliphatic rings. The Morgan fingerprint density at radius 1 is 0.765 bits per heavy atom. The van der Waals surface area contributed by atoms with E-state index in [0.717, 1.165) is 24.3 Å². The summed E-state index contributed by atoms with van der Waals surface area (Å²) in [6.45, 7) is 3.27. The maximum atomic E-state index is 11.7. The maximum Gasteiger partial charge on any atom is 0.411 e. The second-order valence-electron chi connectivity index (χ2n) is 6.44. The van der Waals surface area contributed by atoms with Crippen LogP contribution in [0, 0.1) is 0 Å². The lowest BCUT2D eigenvalue weighted by Gasteiger charge is -2.15. The first-order chi connectivity index (χ1) is 15.8. The largest absolute Gasteiger partial charge is 0.744 e. The van der Waals surface area contributed by atoms with E-state index in [-0.39, 0.29) is 35.7 Å². The number of nitrogens with one attached hydrogen (secondary N) is 2. The Morgan fingerprint density at radius 3 is 1.41 bits per heavy atom. The maximum absolute atomic E-state index is 11.7. The molecule has 0 aliphatic carbocycles. The van der Waals surface area contributed by atoms with Crippen molar-refractivity contribution in [2.24, 2.45) is 0 Å². The molecule has 2 amide bonds. The van der Waals surface area contributed by atoms with Crippen molar-refractivity contribution in [2.75, 3.05) is 23.8 Å². The number of rotatable bonds is 8. The molecular formula is C20H20N2O10S2-2. The van der Waals surface area contributed by atoms with Crippen LogP contribution in [-0.4, -0.2) is 51.3 Å². The van der Waals surface area contributed by atoms with Gasteiger partial charge >= 0.3 is 12.2 Å². The molecular weight excluding hydrogens is 492 g/mol. The van der Waals surface area contributed by atoms with Gasteiger partial charge in [-0.15, -0.1) is 0 Å². The van der Waals surface area contributed by atoms with Gasteiger partial charge in [-0.05, 0) is 49.2 Å². The summed E-state index contributed by atoms with van der Waals surface area (Å²) in [6, 6.07) is 6.81. The number of hydrogen-bond acceptors (Lipinski definition) is 10. The molecule has 0 bridgehead atoms. The van der Waals surface area contributed by atoms with E-state index in [2.05, 4.69) is 20.1 Å². The number of carbonyl (C=O) groups excluding carboxylic acids is 2. The fourth-order valence-electron chi connectivity index (χ4n) is 2.68. The minimum atomic E-state index is -5.01. The van der Waals surface area contributed by atoms with Crippen molar-refractivity contribution in [3.05, 3.63) is 47.5 Å². The Morgan fingerprint density at radius 2 is 1.12 bits per heavy atom. The van der Waals surface area contributed by atoms with Crippen molar-refractivity contribution in [1.29, 1.82) is 0 Å². The summed E-state index contributed by atoms with van der Waals surface area (Å²) in [4.78, 5) is 21.7. The van der Waals surface area contributed by atoms with E-state index >= 15 is 0 Å². The molecule has 0 spiro atoms. The van der Waals surface area contributed by atoms with Gasteiger partial charge in [0.15, 0.2) is 0 Å². The van der Waals surface area contributed by atoms with Crippen LogP contribution < -0.4 is 10.6 Å². The highest BCUT2D eigenvalue weighted by Gasteiger charge is 2.13. The van der Waals surface area contributed by atoms with Crippen molar-refractivity contribution in [2.45, 2.75) is 23.6 Å². The van der Waals surface area contributed by atoms with Crippen LogP contribution in [0.15, 0.2) is 46.2 Å². The number of amides is 2. The molecule has 2 N–H and O–H groups in total. The van der Waals surface area contributed by atoms with Crippen LogP contribution in [-0.2, 0) is 29.7 Å². The second kappa shape index (κ2) is 11.1. The van der Waals surface area contributed by atoms with E-state index in [0.29, 0.717) is 0 Å². The van der Waals surface area contributed by atoms with E-state index in [1.165, 1.54) is 24.3 Å². The predicted octanol–water partition coefficient (Wildman–Crippen LogP) is 2.80. The molecule has 184 valence electrons. The Balaban J connectivity index is 2.47. The van der Waals surface area contributed by atoms with Crippen molar-refractivity contribution in [3.8, 4) is 0 Å². The normalized spacial score (nSPS) is 11.8. The third-order valence-electron chi connectivity index (χ3n) is 4.05. The summed E-state index contributed by atoms with van der Waals surface area (Å²) in [7, 11) is -10.0. The van der Waals surface area contributed by atoms with Crippen LogP contribution >= 0.6 is 0 Å². The lowest BCUT2D eigenvalue weighted by molar-refractivity contribution is 0.167. The van der Waals surface area contributed by atoms with Gasteiger partial charge in [0.1, 0.15) is 20.2 Å². The molecule has 0 atom stereocenters. The molecule has 0 aliphatic heterocycles. The smallest absolute Gasteiger partial charge is 0.411 e. The van der Waals surface area contributed by atoms with Gasteiger partial charge in [0.25, 0.3) is 0 Å². The van der Waals surface area contributed by atoms with E-state index in [1.54, 1.807) is 13.8 Å². The quantitative estimate of drug-likeness (QED) is 0.392. The topological polar surface area (TPSA) is 191 Å². The van der Waals surface area contributed by atoms with Crippen LogP contribution in [0.2, 0.25) is 0 Å². The fraction of sp³-hybridized carbons (Fsp3) is 0.200. The van der Waals surface area contributed by atoms with Gasteiger partial charge in [-0.1, -0.05) is 24.3 Å². The van der Waals surface area contributed by atoms with Gasteiger partial charge in [0.2, 0.25) is 0 Å². The molecule has 0 radical (unpaired) electrons. The van der Waals surface area contributed by atoms with E-state index in [4.69, 9.17) is 0 Å². The van der Waals surface area contributed by atoms with Gasteiger partial charge in [-0.2, -0.15) is 0 Å². The molecule has 12 nitrogen and oxygen atoms in total. The minimum Gasteiger partial charge on any atom is -0.744 e. The summed E-state index contributed by atoms with van der Waals surface area (Å²) >= 11 is 0. The molecule has 0 fully saturated rings. The Labute approximate surface area is 196 Å². The third-order valence-corrected chi connectivity index (χ3v) is 5.84. The number of hydrogen-bond donors (Lipinski definition) is 2. The first-order valence-corrected chi connectivity index (χ1v) is 12.4. The van der Waals surface area contributed by atoms with Gasteiger partial charge < -0.3 is 18.6 Å². The summed E-state index contributed by atoms with van der Waals surface area (Å²) in [5.74, 6) is 0. The first kappa shape index (κ1) is 26.8. The highest BCUT2D eigenvalue weighted by atomic mass is 32.2. The average molecular weight is 513 g/mol. The summed E-state index contributed by atoms with van der Waals surface area (Å²) in [5.41, 5.74) is -0.316. The zero-order valence-corrected chi connectivity index (χ0v) is 19.6. The minimum absolute atomic E-state index is 0.0257. The molecule has 2 aromatic rings. The molecule has 34 heavy (non-hydrogen) atoms. The monoisotopic (exact) mass is 512 g/mol. The summed E-state index contributed by atoms with van der Waals surface area (Å²) < 4.78 is 79.7. The molecule has 0 heterocycles. The van der Waals surface area contributed by atoms with Gasteiger partial charge in [0.05, 0.1) is 23.0 Å². The molecule has 0 unspecified atom stereocenters. The van der Waals surface area contributed by atoms with Crippen LogP contribution in [0.5, 0.6) is 0 Å². The Kier molecular flexibility index (Phi) is 8.75. The van der Waals surface area contributed by atoms with Crippen LogP contribution in [0.4, 0.5) is 21.0 Å². The predicted molar refractivity (Wildman–Crippen MR) is 119 cm³/mol. The lowest BCUT2D eigenvalue weighted by atomic mass is 10.1. The van der Waals surface area contributed by atoms with E-state index in [9.17, 15) is 35.5 Å². The lowest BCUT2D eigenvalue weighted by Crippen LogP contribution is -2.14. The zero-order chi connectivity index (χ0) is 25.5. The number of ether oxygens (including phenoxy) is 2. The van der Waals surface area contributed by atoms with Gasteiger partial charge in [-0.25, -0.2) is 26.4 Å². The Hall–Kier alpha value is -3.46. The third kappa shape index (κ3) is 7.55.